The third kappa shape index (κ3) is 3.74. The number of esters is 1. The van der Waals surface area contributed by atoms with E-state index < -0.39 is 29.9 Å². The Balaban J connectivity index is 1.68. The van der Waals surface area contributed by atoms with Crippen molar-refractivity contribution in [3.05, 3.63) is 46.2 Å². The maximum atomic E-state index is 12.4. The van der Waals surface area contributed by atoms with Crippen LogP contribution < -0.4 is 11.3 Å². The van der Waals surface area contributed by atoms with Crippen LogP contribution >= 0.6 is 0 Å². The van der Waals surface area contributed by atoms with Crippen molar-refractivity contribution in [2.24, 2.45) is 11.7 Å². The fraction of sp³-hybridized carbons (Fsp3) is 0.333. The SMILES string of the molecule is NC(=O)[C@H]1CCCN(C(=O)COC(=O)c2cc(=O)[nH]c3ccccc23)C1. The summed E-state index contributed by atoms with van der Waals surface area (Å²) < 4.78 is 5.10. The Labute approximate surface area is 148 Å². The average molecular weight is 357 g/mol. The maximum Gasteiger partial charge on any atom is 0.339 e. The molecule has 8 heteroatoms. The molecule has 1 atom stereocenters. The van der Waals surface area contributed by atoms with Gasteiger partial charge in [-0.3, -0.25) is 14.4 Å². The van der Waals surface area contributed by atoms with Gasteiger partial charge in [0, 0.05) is 30.1 Å². The number of hydrogen-bond donors (Lipinski definition) is 2. The second kappa shape index (κ2) is 7.38. The van der Waals surface area contributed by atoms with Gasteiger partial charge in [-0.1, -0.05) is 18.2 Å². The number of ether oxygens (including phenoxy) is 1. The number of nitrogens with one attached hydrogen (secondary N) is 1. The molecular formula is C18H19N3O5. The first-order valence-corrected chi connectivity index (χ1v) is 8.32. The van der Waals surface area contributed by atoms with Crippen LogP contribution in [0.5, 0.6) is 0 Å². The van der Waals surface area contributed by atoms with Crippen LogP contribution in [-0.2, 0) is 14.3 Å². The molecule has 1 aromatic heterocycles. The average Bonchev–Trinajstić information content (AvgIpc) is 2.65. The monoisotopic (exact) mass is 357 g/mol. The summed E-state index contributed by atoms with van der Waals surface area (Å²) in [5.74, 6) is -1.95. The Morgan fingerprint density at radius 1 is 1.27 bits per heavy atom. The van der Waals surface area contributed by atoms with Gasteiger partial charge in [-0.25, -0.2) is 4.79 Å². The van der Waals surface area contributed by atoms with E-state index in [4.69, 9.17) is 10.5 Å². The van der Waals surface area contributed by atoms with E-state index in [-0.39, 0.29) is 18.0 Å². The fourth-order valence-corrected chi connectivity index (χ4v) is 3.11. The van der Waals surface area contributed by atoms with Crippen LogP contribution in [0.1, 0.15) is 23.2 Å². The molecule has 26 heavy (non-hydrogen) atoms. The zero-order chi connectivity index (χ0) is 18.7. The molecule has 3 N–H and O–H groups in total. The number of carbonyl (C=O) groups excluding carboxylic acids is 3. The summed E-state index contributed by atoms with van der Waals surface area (Å²) in [5, 5.41) is 0.538. The zero-order valence-electron chi connectivity index (χ0n) is 14.1. The van der Waals surface area contributed by atoms with Crippen molar-refractivity contribution in [1.82, 2.24) is 9.88 Å². The van der Waals surface area contributed by atoms with E-state index in [2.05, 4.69) is 4.98 Å². The summed E-state index contributed by atoms with van der Waals surface area (Å²) in [6.45, 7) is 0.277. The number of hydrogen-bond acceptors (Lipinski definition) is 5. The lowest BCUT2D eigenvalue weighted by Gasteiger charge is -2.31. The lowest BCUT2D eigenvalue weighted by atomic mass is 9.97. The largest absolute Gasteiger partial charge is 0.452 e. The molecule has 3 rings (SSSR count). The first-order chi connectivity index (χ1) is 12.5. The van der Waals surface area contributed by atoms with E-state index in [0.29, 0.717) is 30.3 Å². The Morgan fingerprint density at radius 3 is 2.81 bits per heavy atom. The number of para-hydroxylation sites is 1. The van der Waals surface area contributed by atoms with Gasteiger partial charge in [0.1, 0.15) is 0 Å². The maximum absolute atomic E-state index is 12.4. The number of nitrogens with zero attached hydrogens (tertiary/aromatic N) is 1. The number of aromatic nitrogens is 1. The second-order valence-corrected chi connectivity index (χ2v) is 6.25. The highest BCUT2D eigenvalue weighted by molar-refractivity contribution is 6.03. The summed E-state index contributed by atoms with van der Waals surface area (Å²) in [7, 11) is 0. The second-order valence-electron chi connectivity index (χ2n) is 6.25. The minimum atomic E-state index is -0.746. The van der Waals surface area contributed by atoms with Crippen molar-refractivity contribution in [3.8, 4) is 0 Å². The number of fused-ring (bicyclic) bond motifs is 1. The number of benzene rings is 1. The summed E-state index contributed by atoms with van der Waals surface area (Å²) >= 11 is 0. The van der Waals surface area contributed by atoms with Crippen LogP contribution in [0.3, 0.4) is 0 Å². The lowest BCUT2D eigenvalue weighted by molar-refractivity contribution is -0.137. The predicted molar refractivity (Wildman–Crippen MR) is 93.3 cm³/mol. The highest BCUT2D eigenvalue weighted by atomic mass is 16.5. The summed E-state index contributed by atoms with van der Waals surface area (Å²) in [4.78, 5) is 51.7. The van der Waals surface area contributed by atoms with Crippen LogP contribution in [0.15, 0.2) is 35.1 Å². The number of rotatable bonds is 4. The molecule has 2 aromatic rings. The number of piperidine rings is 1. The summed E-state index contributed by atoms with van der Waals surface area (Å²) in [6.07, 6.45) is 1.32. The highest BCUT2D eigenvalue weighted by Crippen LogP contribution is 2.17. The van der Waals surface area contributed by atoms with Crippen LogP contribution in [0, 0.1) is 5.92 Å². The molecule has 1 fully saturated rings. The molecule has 0 saturated carbocycles. The van der Waals surface area contributed by atoms with Gasteiger partial charge in [0.05, 0.1) is 11.5 Å². The Morgan fingerprint density at radius 2 is 2.04 bits per heavy atom. The van der Waals surface area contributed by atoms with E-state index >= 15 is 0 Å². The quantitative estimate of drug-likeness (QED) is 0.767. The van der Waals surface area contributed by atoms with E-state index in [1.807, 2.05) is 0 Å². The van der Waals surface area contributed by atoms with Crippen molar-refractivity contribution in [3.63, 3.8) is 0 Å². The van der Waals surface area contributed by atoms with Crippen molar-refractivity contribution >= 4 is 28.7 Å². The Bertz CT molecular complexity index is 920. The number of nitrogens with two attached hydrogens (primary N) is 1. The third-order valence-electron chi connectivity index (χ3n) is 4.47. The van der Waals surface area contributed by atoms with Crippen LogP contribution in [0.25, 0.3) is 10.9 Å². The van der Waals surface area contributed by atoms with Gasteiger partial charge in [0.2, 0.25) is 11.5 Å². The molecule has 0 unspecified atom stereocenters. The van der Waals surface area contributed by atoms with Crippen LogP contribution in [-0.4, -0.2) is 47.4 Å². The predicted octanol–water partition coefficient (Wildman–Crippen LogP) is 0.409. The van der Waals surface area contributed by atoms with Crippen molar-refractivity contribution in [2.75, 3.05) is 19.7 Å². The molecule has 8 nitrogen and oxygen atoms in total. The third-order valence-corrected chi connectivity index (χ3v) is 4.47. The normalized spacial score (nSPS) is 17.1. The van der Waals surface area contributed by atoms with Crippen LogP contribution in [0.4, 0.5) is 0 Å². The molecule has 2 amide bonds. The number of carbonyl (C=O) groups is 3. The number of primary amides is 1. The van der Waals surface area contributed by atoms with E-state index in [9.17, 15) is 19.2 Å². The molecule has 0 aliphatic carbocycles. The van der Waals surface area contributed by atoms with Gasteiger partial charge in [0.15, 0.2) is 6.61 Å². The Kier molecular flexibility index (Phi) is 5.01. The molecular weight excluding hydrogens is 338 g/mol. The standard InChI is InChI=1S/C18H19N3O5/c19-17(24)11-4-3-7-21(9-11)16(23)10-26-18(25)13-8-15(22)20-14-6-2-1-5-12(13)14/h1-2,5-6,8,11H,3-4,7,9-10H2,(H2,19,24)(H,20,22)/t11-/m0/s1. The summed E-state index contributed by atoms with van der Waals surface area (Å²) in [5.41, 5.74) is 5.49. The van der Waals surface area contributed by atoms with Gasteiger partial charge in [-0.05, 0) is 18.9 Å². The lowest BCUT2D eigenvalue weighted by Crippen LogP contribution is -2.45. The molecule has 0 radical (unpaired) electrons. The van der Waals surface area contributed by atoms with Crippen molar-refractivity contribution in [1.29, 1.82) is 0 Å². The smallest absolute Gasteiger partial charge is 0.339 e. The minimum absolute atomic E-state index is 0.103. The number of aromatic amines is 1. The molecule has 1 aliphatic rings. The van der Waals surface area contributed by atoms with Gasteiger partial charge in [0.25, 0.3) is 5.91 Å². The first-order valence-electron chi connectivity index (χ1n) is 8.32. The molecule has 0 bridgehead atoms. The van der Waals surface area contributed by atoms with Gasteiger partial charge in [-0.15, -0.1) is 0 Å². The van der Waals surface area contributed by atoms with Crippen LogP contribution in [0.2, 0.25) is 0 Å². The van der Waals surface area contributed by atoms with E-state index in [1.165, 1.54) is 4.90 Å². The van der Waals surface area contributed by atoms with Gasteiger partial charge < -0.3 is 20.4 Å². The van der Waals surface area contributed by atoms with Crippen molar-refractivity contribution < 1.29 is 19.1 Å². The highest BCUT2D eigenvalue weighted by Gasteiger charge is 2.27. The van der Waals surface area contributed by atoms with E-state index in [1.54, 1.807) is 24.3 Å². The molecule has 1 aromatic carbocycles. The van der Waals surface area contributed by atoms with Gasteiger partial charge in [-0.2, -0.15) is 0 Å². The first kappa shape index (κ1) is 17.7. The number of likely N-dealkylation sites (tertiary alicyclic amines) is 1. The topological polar surface area (TPSA) is 123 Å². The number of H-pyrrole nitrogens is 1. The zero-order valence-corrected chi connectivity index (χ0v) is 14.1. The number of amides is 2. The molecule has 0 spiro atoms. The number of pyridine rings is 1. The molecule has 1 aliphatic heterocycles. The molecule has 2 heterocycles. The minimum Gasteiger partial charge on any atom is -0.452 e. The molecule has 1 saturated heterocycles. The molecule has 136 valence electrons. The summed E-state index contributed by atoms with van der Waals surface area (Å²) in [6, 6.07) is 7.99. The van der Waals surface area contributed by atoms with Gasteiger partial charge >= 0.3 is 5.97 Å². The van der Waals surface area contributed by atoms with E-state index in [0.717, 1.165) is 6.07 Å². The Hall–Kier alpha value is -3.16. The van der Waals surface area contributed by atoms with Crippen molar-refractivity contribution in [2.45, 2.75) is 12.8 Å². The fourth-order valence-electron chi connectivity index (χ4n) is 3.11.